The summed E-state index contributed by atoms with van der Waals surface area (Å²) in [6.07, 6.45) is -8.49. The molecule has 1 aromatic heterocycles. The number of hydrogen-bond acceptors (Lipinski definition) is 5. The molecule has 4 rings (SSSR count). The number of carbonyl (C=O) groups excluding carboxylic acids is 1. The zero-order valence-electron chi connectivity index (χ0n) is 19.6. The second kappa shape index (κ2) is 10.4. The molecule has 3 aromatic rings. The molecule has 0 bridgehead atoms. The van der Waals surface area contributed by atoms with Crippen LogP contribution in [-0.2, 0) is 23.6 Å². The van der Waals surface area contributed by atoms with Crippen molar-refractivity contribution in [2.45, 2.75) is 18.9 Å². The molecule has 1 saturated heterocycles. The number of rotatable bonds is 5. The molecule has 1 amide bonds. The fourth-order valence-corrected chi connectivity index (χ4v) is 3.92. The number of alkyl halides is 6. The Morgan fingerprint density at radius 3 is 2.14 bits per heavy atom. The van der Waals surface area contributed by atoms with E-state index in [2.05, 4.69) is 9.97 Å². The number of nitrogens with zero attached hydrogens (tertiary/aromatic N) is 4. The summed E-state index contributed by atoms with van der Waals surface area (Å²) in [5, 5.41) is 0. The van der Waals surface area contributed by atoms with Gasteiger partial charge in [-0.25, -0.2) is 9.97 Å². The Morgan fingerprint density at radius 1 is 0.973 bits per heavy atom. The van der Waals surface area contributed by atoms with Crippen LogP contribution < -0.4 is 4.90 Å². The van der Waals surface area contributed by atoms with E-state index in [1.54, 1.807) is 30.3 Å². The van der Waals surface area contributed by atoms with Crippen molar-refractivity contribution >= 4 is 11.9 Å². The van der Waals surface area contributed by atoms with Crippen molar-refractivity contribution in [3.05, 3.63) is 77.1 Å². The first kappa shape index (κ1) is 26.4. The van der Waals surface area contributed by atoms with E-state index in [4.69, 9.17) is 4.74 Å². The van der Waals surface area contributed by atoms with E-state index in [-0.39, 0.29) is 23.3 Å². The lowest BCUT2D eigenvalue weighted by molar-refractivity contribution is -0.143. The van der Waals surface area contributed by atoms with Crippen molar-refractivity contribution in [2.75, 3.05) is 38.3 Å². The summed E-state index contributed by atoms with van der Waals surface area (Å²) in [4.78, 5) is 25.2. The second-order valence-electron chi connectivity index (χ2n) is 8.47. The van der Waals surface area contributed by atoms with E-state index in [0.29, 0.717) is 49.6 Å². The lowest BCUT2D eigenvalue weighted by Gasteiger charge is -2.27. The molecule has 2 heterocycles. The highest BCUT2D eigenvalue weighted by molar-refractivity contribution is 5.99. The molecular weight excluding hydrogens is 502 g/mol. The summed E-state index contributed by atoms with van der Waals surface area (Å²) in [5.74, 6) is -0.403. The van der Waals surface area contributed by atoms with E-state index < -0.39 is 35.9 Å². The summed E-state index contributed by atoms with van der Waals surface area (Å²) in [6, 6.07) is 10.0. The smallest absolute Gasteiger partial charge is 0.378 e. The molecule has 12 heteroatoms. The Labute approximate surface area is 208 Å². The van der Waals surface area contributed by atoms with Crippen LogP contribution in [0, 0.1) is 0 Å². The number of amides is 1. The summed E-state index contributed by atoms with van der Waals surface area (Å²) in [5.41, 5.74) is -2.21. The van der Waals surface area contributed by atoms with Crippen molar-refractivity contribution in [3.63, 3.8) is 0 Å². The van der Waals surface area contributed by atoms with Crippen LogP contribution in [0.15, 0.2) is 54.7 Å². The summed E-state index contributed by atoms with van der Waals surface area (Å²) in [6.45, 7) is 1.39. The Morgan fingerprint density at radius 2 is 1.57 bits per heavy atom. The third-order valence-electron chi connectivity index (χ3n) is 5.77. The van der Waals surface area contributed by atoms with Crippen LogP contribution in [-0.4, -0.2) is 54.1 Å². The van der Waals surface area contributed by atoms with Gasteiger partial charge in [-0.05, 0) is 29.3 Å². The number of morpholine rings is 1. The first-order valence-electron chi connectivity index (χ1n) is 11.2. The van der Waals surface area contributed by atoms with Crippen LogP contribution in [0.1, 0.15) is 27.2 Å². The number of carbonyl (C=O) groups is 1. The number of halogens is 6. The SMILES string of the molecule is CN(Cc1cc(C(F)(F)F)cc(C(F)(F)F)c1)C(=O)c1nc(N2CCOCC2)ncc1-c1ccccc1. The average Bonchev–Trinajstić information content (AvgIpc) is 2.87. The topological polar surface area (TPSA) is 58.6 Å². The first-order valence-corrected chi connectivity index (χ1v) is 11.2. The summed E-state index contributed by atoms with van der Waals surface area (Å²) >= 11 is 0. The molecule has 6 nitrogen and oxygen atoms in total. The molecule has 0 saturated carbocycles. The molecule has 0 radical (unpaired) electrons. The predicted molar refractivity (Wildman–Crippen MR) is 123 cm³/mol. The zero-order chi connectivity index (χ0) is 26.8. The zero-order valence-corrected chi connectivity index (χ0v) is 19.6. The maximum absolute atomic E-state index is 13.5. The minimum absolute atomic E-state index is 0.0202. The van der Waals surface area contributed by atoms with Gasteiger partial charge < -0.3 is 14.5 Å². The third-order valence-corrected chi connectivity index (χ3v) is 5.77. The number of aromatic nitrogens is 2. The van der Waals surface area contributed by atoms with Crippen LogP contribution in [0.2, 0.25) is 0 Å². The number of anilines is 1. The van der Waals surface area contributed by atoms with E-state index >= 15 is 0 Å². The van der Waals surface area contributed by atoms with Crippen LogP contribution in [0.25, 0.3) is 11.1 Å². The minimum atomic E-state index is -4.99. The van der Waals surface area contributed by atoms with Crippen LogP contribution in [0.4, 0.5) is 32.3 Å². The largest absolute Gasteiger partial charge is 0.416 e. The summed E-state index contributed by atoms with van der Waals surface area (Å²) < 4.78 is 85.0. The van der Waals surface area contributed by atoms with Gasteiger partial charge in [-0.1, -0.05) is 30.3 Å². The van der Waals surface area contributed by atoms with Gasteiger partial charge in [-0.15, -0.1) is 0 Å². The maximum atomic E-state index is 13.5. The van der Waals surface area contributed by atoms with Gasteiger partial charge in [-0.3, -0.25) is 4.79 Å². The van der Waals surface area contributed by atoms with Crippen LogP contribution in [0.5, 0.6) is 0 Å². The molecule has 0 N–H and O–H groups in total. The van der Waals surface area contributed by atoms with Crippen molar-refractivity contribution in [2.24, 2.45) is 0 Å². The monoisotopic (exact) mass is 524 g/mol. The predicted octanol–water partition coefficient (Wildman–Crippen LogP) is 5.29. The second-order valence-corrected chi connectivity index (χ2v) is 8.47. The van der Waals surface area contributed by atoms with Gasteiger partial charge in [0.05, 0.1) is 24.3 Å². The quantitative estimate of drug-likeness (QED) is 0.425. The highest BCUT2D eigenvalue weighted by Crippen LogP contribution is 2.36. The molecule has 2 aromatic carbocycles. The average molecular weight is 524 g/mol. The van der Waals surface area contributed by atoms with Gasteiger partial charge in [0.2, 0.25) is 5.95 Å². The van der Waals surface area contributed by atoms with Crippen molar-refractivity contribution in [3.8, 4) is 11.1 Å². The first-order chi connectivity index (χ1) is 17.4. The fourth-order valence-electron chi connectivity index (χ4n) is 3.92. The highest BCUT2D eigenvalue weighted by Gasteiger charge is 2.37. The van der Waals surface area contributed by atoms with E-state index in [1.807, 2.05) is 4.90 Å². The molecule has 0 unspecified atom stereocenters. The molecular formula is C25H22F6N4O2. The van der Waals surface area contributed by atoms with Gasteiger partial charge in [0, 0.05) is 38.4 Å². The third kappa shape index (κ3) is 6.19. The Bertz CT molecular complexity index is 1230. The molecule has 1 aliphatic heterocycles. The standard InChI is InChI=1S/C25H22F6N4O2/c1-34(15-16-11-18(24(26,27)28)13-19(12-16)25(29,30)31)22(36)21-20(17-5-3-2-4-6-17)14-32-23(33-21)35-7-9-37-10-8-35/h2-6,11-14H,7-10,15H2,1H3. The fraction of sp³-hybridized carbons (Fsp3) is 0.320. The molecule has 0 atom stereocenters. The van der Waals surface area contributed by atoms with Crippen molar-refractivity contribution in [1.29, 1.82) is 0 Å². The Hall–Kier alpha value is -3.67. The van der Waals surface area contributed by atoms with Gasteiger partial charge in [0.25, 0.3) is 5.91 Å². The number of ether oxygens (including phenoxy) is 1. The van der Waals surface area contributed by atoms with Crippen LogP contribution >= 0.6 is 0 Å². The maximum Gasteiger partial charge on any atom is 0.416 e. The highest BCUT2D eigenvalue weighted by atomic mass is 19.4. The van der Waals surface area contributed by atoms with Crippen LogP contribution in [0.3, 0.4) is 0 Å². The molecule has 0 spiro atoms. The molecule has 1 aliphatic rings. The number of hydrogen-bond donors (Lipinski definition) is 0. The van der Waals surface area contributed by atoms with Gasteiger partial charge in [0.15, 0.2) is 0 Å². The lowest BCUT2D eigenvalue weighted by Crippen LogP contribution is -2.38. The Kier molecular flexibility index (Phi) is 7.39. The summed E-state index contributed by atoms with van der Waals surface area (Å²) in [7, 11) is 1.29. The van der Waals surface area contributed by atoms with Crippen molar-refractivity contribution in [1.82, 2.24) is 14.9 Å². The minimum Gasteiger partial charge on any atom is -0.378 e. The lowest BCUT2D eigenvalue weighted by atomic mass is 10.0. The Balaban J connectivity index is 1.70. The van der Waals surface area contributed by atoms with Gasteiger partial charge in [0.1, 0.15) is 5.69 Å². The van der Waals surface area contributed by atoms with E-state index in [0.717, 1.165) is 4.90 Å². The normalized spacial score (nSPS) is 14.5. The van der Waals surface area contributed by atoms with E-state index in [1.165, 1.54) is 13.2 Å². The molecule has 196 valence electrons. The van der Waals surface area contributed by atoms with Crippen molar-refractivity contribution < 1.29 is 35.9 Å². The van der Waals surface area contributed by atoms with Gasteiger partial charge >= 0.3 is 12.4 Å². The van der Waals surface area contributed by atoms with E-state index in [9.17, 15) is 31.1 Å². The molecule has 0 aliphatic carbocycles. The van der Waals surface area contributed by atoms with Gasteiger partial charge in [-0.2, -0.15) is 26.3 Å². The number of benzene rings is 2. The molecule has 37 heavy (non-hydrogen) atoms. The molecule has 1 fully saturated rings.